The van der Waals surface area contributed by atoms with Gasteiger partial charge >= 0.3 is 0 Å². The second kappa shape index (κ2) is 6.16. The van der Waals surface area contributed by atoms with Crippen LogP contribution in [0.4, 0.5) is 5.69 Å². The number of thiol groups is 1. The summed E-state index contributed by atoms with van der Waals surface area (Å²) in [6, 6.07) is 5.88. The third-order valence-electron chi connectivity index (χ3n) is 1.72. The molecule has 0 aliphatic heterocycles. The van der Waals surface area contributed by atoms with E-state index < -0.39 is 0 Å². The molecule has 1 aromatic rings. The van der Waals surface area contributed by atoms with E-state index in [0.29, 0.717) is 0 Å². The Morgan fingerprint density at radius 1 is 1.43 bits per heavy atom. The Labute approximate surface area is 97.9 Å². The molecule has 0 heterocycles. The first-order chi connectivity index (χ1) is 6.77. The van der Waals surface area contributed by atoms with Crippen molar-refractivity contribution in [1.82, 2.24) is 4.72 Å². The van der Waals surface area contributed by atoms with Crippen molar-refractivity contribution in [3.8, 4) is 5.75 Å². The van der Waals surface area contributed by atoms with Crippen molar-refractivity contribution in [2.24, 2.45) is 0 Å². The lowest BCUT2D eigenvalue weighted by molar-refractivity contribution is 0.412. The molecular formula is C9H13BrN2OS. The Bertz CT molecular complexity index is 296. The van der Waals surface area contributed by atoms with Crippen molar-refractivity contribution in [2.45, 2.75) is 0 Å². The first kappa shape index (κ1) is 11.7. The molecule has 0 bridgehead atoms. The van der Waals surface area contributed by atoms with Crippen LogP contribution in [0.1, 0.15) is 0 Å². The lowest BCUT2D eigenvalue weighted by Crippen LogP contribution is -2.13. The monoisotopic (exact) mass is 276 g/mol. The Kier molecular flexibility index (Phi) is 5.14. The first-order valence-corrected chi connectivity index (χ1v) is 5.46. The number of ether oxygens (including phenoxy) is 1. The molecule has 0 aliphatic rings. The van der Waals surface area contributed by atoms with Gasteiger partial charge in [0, 0.05) is 18.8 Å². The van der Waals surface area contributed by atoms with Crippen molar-refractivity contribution >= 4 is 34.4 Å². The molecule has 0 spiro atoms. The minimum absolute atomic E-state index is 0.812. The molecule has 3 nitrogen and oxygen atoms in total. The van der Waals surface area contributed by atoms with E-state index in [1.807, 2.05) is 18.2 Å². The van der Waals surface area contributed by atoms with E-state index in [9.17, 15) is 0 Å². The standard InChI is InChI=1S/C9H13BrN2OS/c1-13-9-3-2-7(6-8(9)10)11-4-5-12-14/h2-3,6,11-12,14H,4-5H2,1H3. The average Bonchev–Trinajstić information content (AvgIpc) is 2.18. The molecule has 1 aromatic carbocycles. The highest BCUT2D eigenvalue weighted by molar-refractivity contribution is 9.10. The van der Waals surface area contributed by atoms with Gasteiger partial charge in [0.2, 0.25) is 0 Å². The number of hydrogen-bond acceptors (Lipinski definition) is 4. The molecule has 0 atom stereocenters. The molecule has 0 saturated carbocycles. The van der Waals surface area contributed by atoms with Crippen molar-refractivity contribution in [2.75, 3.05) is 25.5 Å². The quantitative estimate of drug-likeness (QED) is 0.570. The highest BCUT2D eigenvalue weighted by Gasteiger charge is 1.99. The van der Waals surface area contributed by atoms with Gasteiger partial charge in [-0.1, -0.05) is 12.8 Å². The molecular weight excluding hydrogens is 264 g/mol. The summed E-state index contributed by atoms with van der Waals surface area (Å²) in [5.74, 6) is 0.836. The summed E-state index contributed by atoms with van der Waals surface area (Å²) in [6.45, 7) is 1.65. The van der Waals surface area contributed by atoms with Gasteiger partial charge in [-0.25, -0.2) is 0 Å². The van der Waals surface area contributed by atoms with Crippen molar-refractivity contribution in [1.29, 1.82) is 0 Å². The van der Waals surface area contributed by atoms with Crippen LogP contribution in [0.25, 0.3) is 0 Å². The summed E-state index contributed by atoms with van der Waals surface area (Å²) >= 11 is 7.32. The maximum atomic E-state index is 5.13. The molecule has 0 radical (unpaired) electrons. The fourth-order valence-electron chi connectivity index (χ4n) is 1.04. The van der Waals surface area contributed by atoms with Gasteiger partial charge in [-0.05, 0) is 34.1 Å². The fourth-order valence-corrected chi connectivity index (χ4v) is 1.69. The summed E-state index contributed by atoms with van der Waals surface area (Å²) in [6.07, 6.45) is 0. The second-order valence-electron chi connectivity index (χ2n) is 2.68. The molecule has 0 aliphatic carbocycles. The lowest BCUT2D eigenvalue weighted by atomic mass is 10.3. The summed E-state index contributed by atoms with van der Waals surface area (Å²) in [7, 11) is 1.65. The zero-order valence-electron chi connectivity index (χ0n) is 7.88. The number of benzene rings is 1. The van der Waals surface area contributed by atoms with Crippen LogP contribution in [0.3, 0.4) is 0 Å². The summed E-state index contributed by atoms with van der Waals surface area (Å²) in [4.78, 5) is 0. The van der Waals surface area contributed by atoms with Crippen LogP contribution in [-0.2, 0) is 0 Å². The van der Waals surface area contributed by atoms with Gasteiger partial charge in [0.25, 0.3) is 0 Å². The van der Waals surface area contributed by atoms with E-state index in [1.54, 1.807) is 7.11 Å². The van der Waals surface area contributed by atoms with Gasteiger partial charge in [0.1, 0.15) is 5.75 Å². The van der Waals surface area contributed by atoms with Gasteiger partial charge in [-0.3, -0.25) is 4.72 Å². The van der Waals surface area contributed by atoms with Crippen LogP contribution in [-0.4, -0.2) is 20.2 Å². The maximum Gasteiger partial charge on any atom is 0.133 e. The minimum Gasteiger partial charge on any atom is -0.496 e. The Balaban J connectivity index is 2.57. The number of nitrogens with one attached hydrogen (secondary N) is 2. The summed E-state index contributed by atoms with van der Waals surface area (Å²) in [5, 5.41) is 3.24. The van der Waals surface area contributed by atoms with E-state index in [4.69, 9.17) is 4.74 Å². The van der Waals surface area contributed by atoms with Crippen LogP contribution in [0.5, 0.6) is 5.75 Å². The predicted molar refractivity (Wildman–Crippen MR) is 66.2 cm³/mol. The number of halogens is 1. The highest BCUT2D eigenvalue weighted by atomic mass is 79.9. The third kappa shape index (κ3) is 3.40. The average molecular weight is 277 g/mol. The zero-order valence-corrected chi connectivity index (χ0v) is 10.4. The minimum atomic E-state index is 0.812. The Morgan fingerprint density at radius 2 is 2.21 bits per heavy atom. The largest absolute Gasteiger partial charge is 0.496 e. The number of methoxy groups -OCH3 is 1. The molecule has 0 saturated heterocycles. The van der Waals surface area contributed by atoms with Gasteiger partial charge < -0.3 is 10.1 Å². The normalized spacial score (nSPS) is 9.93. The molecule has 78 valence electrons. The summed E-state index contributed by atoms with van der Waals surface area (Å²) < 4.78 is 8.85. The second-order valence-corrected chi connectivity index (χ2v) is 3.85. The maximum absolute atomic E-state index is 5.13. The molecule has 0 unspecified atom stereocenters. The van der Waals surface area contributed by atoms with E-state index in [2.05, 4.69) is 38.8 Å². The number of anilines is 1. The lowest BCUT2D eigenvalue weighted by Gasteiger charge is -2.08. The molecule has 0 fully saturated rings. The van der Waals surface area contributed by atoms with Crippen molar-refractivity contribution in [3.05, 3.63) is 22.7 Å². The van der Waals surface area contributed by atoms with Crippen LogP contribution in [0, 0.1) is 0 Å². The molecule has 0 amide bonds. The van der Waals surface area contributed by atoms with Crippen LogP contribution in [0.2, 0.25) is 0 Å². The Hall–Kier alpha value is -0.390. The summed E-state index contributed by atoms with van der Waals surface area (Å²) in [5.41, 5.74) is 1.06. The van der Waals surface area contributed by atoms with Gasteiger partial charge in [0.15, 0.2) is 0 Å². The molecule has 1 rings (SSSR count). The third-order valence-corrected chi connectivity index (χ3v) is 2.56. The van der Waals surface area contributed by atoms with E-state index in [1.165, 1.54) is 0 Å². The molecule has 14 heavy (non-hydrogen) atoms. The topological polar surface area (TPSA) is 33.3 Å². The Morgan fingerprint density at radius 3 is 2.79 bits per heavy atom. The van der Waals surface area contributed by atoms with Crippen LogP contribution in [0.15, 0.2) is 22.7 Å². The first-order valence-electron chi connectivity index (χ1n) is 4.22. The fraction of sp³-hybridized carbons (Fsp3) is 0.333. The molecule has 2 N–H and O–H groups in total. The van der Waals surface area contributed by atoms with Crippen LogP contribution < -0.4 is 14.8 Å². The van der Waals surface area contributed by atoms with Crippen LogP contribution >= 0.6 is 28.7 Å². The number of hydrogen-bond donors (Lipinski definition) is 3. The SMILES string of the molecule is COc1ccc(NCCNS)cc1Br. The van der Waals surface area contributed by atoms with E-state index in [0.717, 1.165) is 29.0 Å². The van der Waals surface area contributed by atoms with Crippen molar-refractivity contribution in [3.63, 3.8) is 0 Å². The van der Waals surface area contributed by atoms with Gasteiger partial charge in [-0.15, -0.1) is 0 Å². The van der Waals surface area contributed by atoms with Gasteiger partial charge in [0.05, 0.1) is 11.6 Å². The van der Waals surface area contributed by atoms with Crippen molar-refractivity contribution < 1.29 is 4.74 Å². The molecule has 0 aromatic heterocycles. The smallest absolute Gasteiger partial charge is 0.133 e. The zero-order chi connectivity index (χ0) is 10.4. The highest BCUT2D eigenvalue weighted by Crippen LogP contribution is 2.27. The van der Waals surface area contributed by atoms with E-state index in [-0.39, 0.29) is 0 Å². The van der Waals surface area contributed by atoms with E-state index >= 15 is 0 Å². The van der Waals surface area contributed by atoms with Gasteiger partial charge in [-0.2, -0.15) is 0 Å². The predicted octanol–water partition coefficient (Wildman–Crippen LogP) is 2.30. The molecule has 5 heteroatoms. The number of rotatable bonds is 5.